The number of anilines is 1. The monoisotopic (exact) mass is 584 g/mol. The van der Waals surface area contributed by atoms with Crippen LogP contribution in [0.3, 0.4) is 0 Å². The van der Waals surface area contributed by atoms with Gasteiger partial charge in [-0.2, -0.15) is 8.78 Å². The van der Waals surface area contributed by atoms with Gasteiger partial charge in [0.1, 0.15) is 11.4 Å². The van der Waals surface area contributed by atoms with Gasteiger partial charge in [-0.25, -0.2) is 4.99 Å². The van der Waals surface area contributed by atoms with Crippen LogP contribution in [0.2, 0.25) is 0 Å². The molecule has 0 N–H and O–H groups in total. The second kappa shape index (κ2) is 22.1. The molecule has 0 bridgehead atoms. The van der Waals surface area contributed by atoms with Crippen LogP contribution in [0.25, 0.3) is 0 Å². The fraction of sp³-hybridized carbons (Fsp3) is 0.697. The van der Waals surface area contributed by atoms with Crippen molar-refractivity contribution in [1.82, 2.24) is 0 Å². The van der Waals surface area contributed by atoms with Crippen molar-refractivity contribution in [2.45, 2.75) is 142 Å². The first-order valence-corrected chi connectivity index (χ1v) is 15.8. The normalized spacial score (nSPS) is 14.4. The van der Waals surface area contributed by atoms with Gasteiger partial charge in [-0.1, -0.05) is 117 Å². The Morgan fingerprint density at radius 2 is 1.24 bits per heavy atom. The molecule has 0 radical (unpaired) electrons. The molecule has 1 aliphatic heterocycles. The molecule has 1 aromatic rings. The minimum Gasteiger partial charge on any atom is -0.876 e. The molecule has 1 amide bonds. The third kappa shape index (κ3) is 14.1. The third-order valence-electron chi connectivity index (χ3n) is 7.50. The van der Waals surface area contributed by atoms with E-state index in [1.165, 1.54) is 64.2 Å². The molecule has 1 heterocycles. The Morgan fingerprint density at radius 1 is 0.780 bits per heavy atom. The number of alkyl halides is 2. The van der Waals surface area contributed by atoms with Crippen molar-refractivity contribution in [3.63, 3.8) is 0 Å². The average molecular weight is 585 g/mol. The number of hydrogen-bond acceptors (Lipinski definition) is 4. The Bertz CT molecular complexity index is 906. The van der Waals surface area contributed by atoms with Crippen molar-refractivity contribution in [2.24, 2.45) is 4.99 Å². The van der Waals surface area contributed by atoms with E-state index in [0.29, 0.717) is 25.2 Å². The molecule has 0 saturated carbocycles. The van der Waals surface area contributed by atoms with E-state index in [1.54, 1.807) is 24.3 Å². The number of rotatable bonds is 23. The molecule has 1 aliphatic rings. The summed E-state index contributed by atoms with van der Waals surface area (Å²) in [7, 11) is 0. The van der Waals surface area contributed by atoms with Gasteiger partial charge in [-0.05, 0) is 37.1 Å². The van der Waals surface area contributed by atoms with Crippen molar-refractivity contribution < 1.29 is 53.0 Å². The number of ether oxygens (including phenoxy) is 1. The summed E-state index contributed by atoms with van der Waals surface area (Å²) in [5.74, 6) is -4.18. The van der Waals surface area contributed by atoms with Crippen molar-refractivity contribution in [1.29, 1.82) is 0 Å². The average Bonchev–Trinajstić information content (AvgIpc) is 3.30. The SMILES string of the molecule is CCCCCCCCCCCCCCOc1ccc(N2C(=O)/C(=C/[O-])N=C2C(F)(F)CCCCCCCC)cc1.[Na+]. The fourth-order valence-corrected chi connectivity index (χ4v) is 5.05. The molecule has 0 unspecified atom stereocenters. The molecule has 0 atom stereocenters. The second-order valence-electron chi connectivity index (χ2n) is 11.0. The molecule has 0 spiro atoms. The van der Waals surface area contributed by atoms with Gasteiger partial charge in [-0.3, -0.25) is 9.69 Å². The largest absolute Gasteiger partial charge is 1.00 e. The molecule has 0 aromatic heterocycles. The van der Waals surface area contributed by atoms with Gasteiger partial charge >= 0.3 is 35.5 Å². The summed E-state index contributed by atoms with van der Waals surface area (Å²) < 4.78 is 36.1. The summed E-state index contributed by atoms with van der Waals surface area (Å²) in [6.45, 7) is 4.95. The number of benzene rings is 1. The van der Waals surface area contributed by atoms with Crippen LogP contribution < -0.4 is 44.3 Å². The summed E-state index contributed by atoms with van der Waals surface area (Å²) in [6.07, 6.45) is 20.3. The van der Waals surface area contributed by atoms with Crippen molar-refractivity contribution in [3.8, 4) is 5.75 Å². The van der Waals surface area contributed by atoms with Crippen LogP contribution in [0, 0.1) is 0 Å². The van der Waals surface area contributed by atoms with Crippen LogP contribution in [0.1, 0.15) is 136 Å². The molecule has 0 saturated heterocycles. The maximum atomic E-state index is 15.1. The summed E-state index contributed by atoms with van der Waals surface area (Å²) in [4.78, 5) is 17.3. The maximum Gasteiger partial charge on any atom is 1.00 e. The fourth-order valence-electron chi connectivity index (χ4n) is 5.05. The molecule has 1 aromatic carbocycles. The van der Waals surface area contributed by atoms with Gasteiger partial charge in [-0.15, -0.1) is 6.26 Å². The number of nitrogens with zero attached hydrogens (tertiary/aromatic N) is 2. The number of carbonyl (C=O) groups is 1. The number of hydrogen-bond donors (Lipinski definition) is 0. The van der Waals surface area contributed by atoms with Gasteiger partial charge in [0.15, 0.2) is 5.84 Å². The van der Waals surface area contributed by atoms with Gasteiger partial charge in [0.2, 0.25) is 0 Å². The predicted octanol–water partition coefficient (Wildman–Crippen LogP) is 6.10. The van der Waals surface area contributed by atoms with E-state index in [2.05, 4.69) is 18.8 Å². The summed E-state index contributed by atoms with van der Waals surface area (Å²) in [5.41, 5.74) is -0.245. The van der Waals surface area contributed by atoms with Gasteiger partial charge < -0.3 is 9.84 Å². The molecule has 0 aliphatic carbocycles. The molecule has 2 rings (SSSR count). The minimum absolute atomic E-state index is 0. The Balaban J connectivity index is 0.00000840. The number of unbranched alkanes of at least 4 members (excludes halogenated alkanes) is 16. The summed E-state index contributed by atoms with van der Waals surface area (Å²) >= 11 is 0. The van der Waals surface area contributed by atoms with E-state index in [0.717, 1.165) is 43.4 Å². The van der Waals surface area contributed by atoms with E-state index >= 15 is 8.78 Å². The maximum absolute atomic E-state index is 15.1. The van der Waals surface area contributed by atoms with Gasteiger partial charge in [0.05, 0.1) is 12.3 Å². The minimum atomic E-state index is -3.31. The second-order valence-corrected chi connectivity index (χ2v) is 11.0. The van der Waals surface area contributed by atoms with Crippen LogP contribution in [0.15, 0.2) is 41.2 Å². The molecular formula is C33H51F2N2NaO3. The van der Waals surface area contributed by atoms with Crippen molar-refractivity contribution in [3.05, 3.63) is 36.2 Å². The molecule has 41 heavy (non-hydrogen) atoms. The van der Waals surface area contributed by atoms with E-state index in [1.807, 2.05) is 0 Å². The summed E-state index contributed by atoms with van der Waals surface area (Å²) in [5, 5.41) is 11.3. The zero-order valence-corrected chi connectivity index (χ0v) is 27.9. The van der Waals surface area contributed by atoms with Crippen LogP contribution >= 0.6 is 0 Å². The van der Waals surface area contributed by atoms with Crippen LogP contribution in [0.4, 0.5) is 14.5 Å². The smallest absolute Gasteiger partial charge is 0.876 e. The quantitative estimate of drug-likeness (QED) is 0.0676. The van der Waals surface area contributed by atoms with E-state index in [-0.39, 0.29) is 41.5 Å². The molecule has 8 heteroatoms. The number of amidine groups is 1. The zero-order chi connectivity index (χ0) is 29.1. The van der Waals surface area contributed by atoms with Crippen LogP contribution in [0.5, 0.6) is 5.75 Å². The van der Waals surface area contributed by atoms with Crippen LogP contribution in [-0.4, -0.2) is 24.3 Å². The molecule has 0 fully saturated rings. The molecule has 226 valence electrons. The predicted molar refractivity (Wildman–Crippen MR) is 159 cm³/mol. The van der Waals surface area contributed by atoms with E-state index in [9.17, 15) is 9.90 Å². The van der Waals surface area contributed by atoms with Gasteiger partial charge in [0, 0.05) is 6.42 Å². The van der Waals surface area contributed by atoms with Crippen molar-refractivity contribution >= 4 is 17.4 Å². The first kappa shape index (κ1) is 37.6. The Labute approximate surface area is 269 Å². The standard InChI is InChI=1S/C33H52F2N2O3.Na/c1-3-5-7-9-11-12-13-14-15-16-18-20-26-40-29-23-21-28(22-24-29)37-31(39)30(27-38)36-32(37)33(34,35)25-19-17-10-8-6-4-2;/h21-24,27,38H,3-20,25-26H2,1-2H3;/q;+1/p-1/b30-27-;. The Morgan fingerprint density at radius 3 is 1.73 bits per heavy atom. The molecular weight excluding hydrogens is 533 g/mol. The molecule has 5 nitrogen and oxygen atoms in total. The first-order valence-electron chi connectivity index (χ1n) is 15.8. The van der Waals surface area contributed by atoms with Crippen molar-refractivity contribution in [2.75, 3.05) is 11.5 Å². The number of carbonyl (C=O) groups excluding carboxylic acids is 1. The zero-order valence-electron chi connectivity index (χ0n) is 25.9. The van der Waals surface area contributed by atoms with E-state index < -0.39 is 29.8 Å². The first-order chi connectivity index (χ1) is 19.4. The summed E-state index contributed by atoms with van der Waals surface area (Å²) in [6, 6.07) is 6.48. The van der Waals surface area contributed by atoms with Crippen LogP contribution in [-0.2, 0) is 4.79 Å². The number of aliphatic imine (C=N–C) groups is 1. The third-order valence-corrected chi connectivity index (χ3v) is 7.50. The number of halogens is 2. The number of amides is 1. The Hall–Kier alpha value is -1.44. The topological polar surface area (TPSA) is 65.0 Å². The van der Waals surface area contributed by atoms with E-state index in [4.69, 9.17) is 4.74 Å². The Kier molecular flexibility index (Phi) is 20.3. The van der Waals surface area contributed by atoms with Gasteiger partial charge in [0.25, 0.3) is 5.91 Å².